The van der Waals surface area contributed by atoms with E-state index in [1.54, 1.807) is 0 Å². The lowest BCUT2D eigenvalue weighted by Gasteiger charge is -2.46. The first kappa shape index (κ1) is 12.8. The summed E-state index contributed by atoms with van der Waals surface area (Å²) < 4.78 is 40.6. The number of hydrogen-bond donors (Lipinski definition) is 1. The molecule has 1 saturated heterocycles. The van der Waals surface area contributed by atoms with Gasteiger partial charge in [-0.3, -0.25) is 9.59 Å². The Kier molecular flexibility index (Phi) is 3.13. The van der Waals surface area contributed by atoms with Gasteiger partial charge in [0.05, 0.1) is 6.61 Å². The van der Waals surface area contributed by atoms with Crippen LogP contribution in [0.15, 0.2) is 0 Å². The summed E-state index contributed by atoms with van der Waals surface area (Å²) in [5, 5.41) is 8.82. The Morgan fingerprint density at radius 3 is 2.25 bits per heavy atom. The number of methoxy groups -OCH3 is 1. The topological polar surface area (TPSA) is 66.8 Å². The molecule has 1 fully saturated rings. The van der Waals surface area contributed by atoms with Crippen molar-refractivity contribution in [3.63, 3.8) is 0 Å². The van der Waals surface area contributed by atoms with Gasteiger partial charge in [0.2, 0.25) is 0 Å². The van der Waals surface area contributed by atoms with Crippen molar-refractivity contribution in [1.82, 2.24) is 4.90 Å². The molecule has 1 amide bonds. The van der Waals surface area contributed by atoms with Gasteiger partial charge in [0.15, 0.2) is 0 Å². The monoisotopic (exact) mass is 241 g/mol. The lowest BCUT2D eigenvalue weighted by Crippen LogP contribution is -2.66. The van der Waals surface area contributed by atoms with Crippen molar-refractivity contribution in [2.24, 2.45) is 5.41 Å². The summed E-state index contributed by atoms with van der Waals surface area (Å²) in [6, 6.07) is 0. The van der Waals surface area contributed by atoms with Gasteiger partial charge in [-0.2, -0.15) is 13.2 Å². The summed E-state index contributed by atoms with van der Waals surface area (Å²) in [6.45, 7) is -1.17. The molecule has 1 N–H and O–H groups in total. The van der Waals surface area contributed by atoms with Crippen molar-refractivity contribution in [3.05, 3.63) is 0 Å². The fourth-order valence-corrected chi connectivity index (χ4v) is 1.57. The van der Waals surface area contributed by atoms with Crippen LogP contribution in [-0.2, 0) is 14.3 Å². The van der Waals surface area contributed by atoms with E-state index >= 15 is 0 Å². The minimum atomic E-state index is -4.96. The molecule has 1 aliphatic rings. The molecule has 0 radical (unpaired) electrons. The number of carbonyl (C=O) groups is 2. The van der Waals surface area contributed by atoms with E-state index in [2.05, 4.69) is 4.74 Å². The Labute approximate surface area is 88.8 Å². The summed E-state index contributed by atoms with van der Waals surface area (Å²) in [5.41, 5.74) is -1.41. The molecule has 0 atom stereocenters. The van der Waals surface area contributed by atoms with E-state index < -0.39 is 36.6 Å². The number of alkyl halides is 3. The average molecular weight is 241 g/mol. The normalized spacial score (nSPS) is 19.1. The lowest BCUT2D eigenvalue weighted by molar-refractivity contribution is -0.202. The maximum atomic E-state index is 12.0. The molecule has 1 heterocycles. The first-order valence-corrected chi connectivity index (χ1v) is 4.31. The predicted molar refractivity (Wildman–Crippen MR) is 44.6 cm³/mol. The number of carboxylic acids is 1. The average Bonchev–Trinajstić information content (AvgIpc) is 2.07. The maximum absolute atomic E-state index is 12.0. The van der Waals surface area contributed by atoms with Gasteiger partial charge < -0.3 is 14.7 Å². The third kappa shape index (κ3) is 2.11. The maximum Gasteiger partial charge on any atom is 0.471 e. The smallest absolute Gasteiger partial charge is 0.471 e. The van der Waals surface area contributed by atoms with Gasteiger partial charge in [-0.15, -0.1) is 0 Å². The number of aliphatic carboxylic acids is 1. The van der Waals surface area contributed by atoms with Crippen molar-refractivity contribution in [2.45, 2.75) is 6.18 Å². The van der Waals surface area contributed by atoms with Crippen molar-refractivity contribution in [1.29, 1.82) is 0 Å². The van der Waals surface area contributed by atoms with E-state index in [1.165, 1.54) is 7.11 Å². The summed E-state index contributed by atoms with van der Waals surface area (Å²) in [6.07, 6.45) is -4.96. The van der Waals surface area contributed by atoms with E-state index in [9.17, 15) is 22.8 Å². The van der Waals surface area contributed by atoms with Gasteiger partial charge in [0.1, 0.15) is 5.41 Å². The quantitative estimate of drug-likeness (QED) is 0.761. The minimum Gasteiger partial charge on any atom is -0.481 e. The first-order valence-electron chi connectivity index (χ1n) is 4.31. The second-order valence-electron chi connectivity index (χ2n) is 3.68. The minimum absolute atomic E-state index is 0.218. The Balaban J connectivity index is 2.65. The molecule has 0 aromatic carbocycles. The van der Waals surface area contributed by atoms with E-state index in [-0.39, 0.29) is 6.61 Å². The fraction of sp³-hybridized carbons (Fsp3) is 0.750. The van der Waals surface area contributed by atoms with Crippen molar-refractivity contribution < 1.29 is 32.6 Å². The highest BCUT2D eigenvalue weighted by Gasteiger charge is 2.56. The number of carboxylic acid groups (broad SMARTS) is 1. The third-order valence-corrected chi connectivity index (χ3v) is 2.39. The number of rotatable bonds is 3. The van der Waals surface area contributed by atoms with Crippen LogP contribution in [0.1, 0.15) is 0 Å². The molecule has 1 rings (SSSR count). The largest absolute Gasteiger partial charge is 0.481 e. The van der Waals surface area contributed by atoms with E-state index in [0.29, 0.717) is 4.90 Å². The van der Waals surface area contributed by atoms with Crippen LogP contribution in [0.2, 0.25) is 0 Å². The van der Waals surface area contributed by atoms with E-state index in [4.69, 9.17) is 5.11 Å². The highest BCUT2D eigenvalue weighted by Crippen LogP contribution is 2.34. The van der Waals surface area contributed by atoms with Crippen LogP contribution in [0.3, 0.4) is 0 Å². The van der Waals surface area contributed by atoms with Crippen LogP contribution in [0, 0.1) is 5.41 Å². The van der Waals surface area contributed by atoms with Gasteiger partial charge >= 0.3 is 18.1 Å². The number of nitrogens with zero attached hydrogens (tertiary/aromatic N) is 1. The highest BCUT2D eigenvalue weighted by molar-refractivity contribution is 5.86. The van der Waals surface area contributed by atoms with Gasteiger partial charge in [0.25, 0.3) is 0 Å². The molecule has 92 valence electrons. The van der Waals surface area contributed by atoms with Crippen molar-refractivity contribution in [2.75, 3.05) is 26.8 Å². The zero-order valence-electron chi connectivity index (χ0n) is 8.37. The molecule has 1 aliphatic heterocycles. The molecule has 0 aromatic rings. The third-order valence-electron chi connectivity index (χ3n) is 2.39. The molecule has 5 nitrogen and oxygen atoms in total. The molecule has 16 heavy (non-hydrogen) atoms. The zero-order valence-corrected chi connectivity index (χ0v) is 8.37. The second kappa shape index (κ2) is 3.93. The Bertz CT molecular complexity index is 309. The van der Waals surface area contributed by atoms with Crippen LogP contribution < -0.4 is 0 Å². The Morgan fingerprint density at radius 2 is 1.94 bits per heavy atom. The van der Waals surface area contributed by atoms with Crippen molar-refractivity contribution >= 4 is 11.9 Å². The zero-order chi connectivity index (χ0) is 12.6. The summed E-state index contributed by atoms with van der Waals surface area (Å²) in [5.74, 6) is -3.28. The Morgan fingerprint density at radius 1 is 1.44 bits per heavy atom. The van der Waals surface area contributed by atoms with E-state index in [0.717, 1.165) is 0 Å². The number of halogens is 3. The fourth-order valence-electron chi connectivity index (χ4n) is 1.57. The molecular weight excluding hydrogens is 231 g/mol. The predicted octanol–water partition coefficient (Wildman–Crippen LogP) is 0.108. The van der Waals surface area contributed by atoms with E-state index in [1.807, 2.05) is 0 Å². The van der Waals surface area contributed by atoms with Gasteiger partial charge in [0, 0.05) is 20.2 Å². The van der Waals surface area contributed by atoms with Crippen LogP contribution in [0.4, 0.5) is 13.2 Å². The number of carbonyl (C=O) groups excluding carboxylic acids is 1. The standard InChI is InChI=1S/C8H10F3NO4/c1-16-4-7(6(14)15)2-12(3-7)5(13)8(9,10)11/h2-4H2,1H3,(H,14,15). The lowest BCUT2D eigenvalue weighted by atomic mass is 9.80. The highest BCUT2D eigenvalue weighted by atomic mass is 19.4. The molecule has 0 unspecified atom stereocenters. The number of amides is 1. The molecule has 8 heteroatoms. The molecule has 0 saturated carbocycles. The van der Waals surface area contributed by atoms with Gasteiger partial charge in [-0.1, -0.05) is 0 Å². The SMILES string of the molecule is COCC1(C(=O)O)CN(C(=O)C(F)(F)F)C1. The molecule has 0 bridgehead atoms. The summed E-state index contributed by atoms with van der Waals surface area (Å²) in [7, 11) is 1.25. The van der Waals surface area contributed by atoms with Crippen LogP contribution in [-0.4, -0.2) is 54.9 Å². The molecule has 0 aliphatic carbocycles. The van der Waals surface area contributed by atoms with Gasteiger partial charge in [-0.25, -0.2) is 0 Å². The number of likely N-dealkylation sites (tertiary alicyclic amines) is 1. The van der Waals surface area contributed by atoms with Crippen LogP contribution in [0.25, 0.3) is 0 Å². The first-order chi connectivity index (χ1) is 7.23. The van der Waals surface area contributed by atoms with Gasteiger partial charge in [-0.05, 0) is 0 Å². The number of hydrogen-bond acceptors (Lipinski definition) is 3. The summed E-state index contributed by atoms with van der Waals surface area (Å²) >= 11 is 0. The summed E-state index contributed by atoms with van der Waals surface area (Å²) in [4.78, 5) is 22.0. The molecule has 0 spiro atoms. The van der Waals surface area contributed by atoms with Crippen LogP contribution in [0.5, 0.6) is 0 Å². The second-order valence-corrected chi connectivity index (χ2v) is 3.68. The Hall–Kier alpha value is -1.31. The van der Waals surface area contributed by atoms with Crippen molar-refractivity contribution in [3.8, 4) is 0 Å². The molecular formula is C8H10F3NO4. The van der Waals surface area contributed by atoms with Crippen LogP contribution >= 0.6 is 0 Å². The number of ether oxygens (including phenoxy) is 1. The molecule has 0 aromatic heterocycles.